The highest BCUT2D eigenvalue weighted by Crippen LogP contribution is 2.29. The predicted molar refractivity (Wildman–Crippen MR) is 133 cm³/mol. The van der Waals surface area contributed by atoms with Crippen molar-refractivity contribution in [2.75, 3.05) is 32.7 Å². The SMILES string of the molecule is CCCNC(=O)[C@@H](NC(=O)N1CCN(C(c2ccccc2)c2ccccc2)CC1)[C@H](C)CC. The van der Waals surface area contributed by atoms with Crippen molar-refractivity contribution < 1.29 is 9.59 Å². The molecular weight excluding hydrogens is 412 g/mol. The van der Waals surface area contributed by atoms with Gasteiger partial charge >= 0.3 is 6.03 Å². The van der Waals surface area contributed by atoms with Gasteiger partial charge in [0.05, 0.1) is 6.04 Å². The second kappa shape index (κ2) is 12.4. The van der Waals surface area contributed by atoms with Crippen LogP contribution in [-0.4, -0.2) is 60.5 Å². The van der Waals surface area contributed by atoms with E-state index in [0.717, 1.165) is 25.9 Å². The monoisotopic (exact) mass is 450 g/mol. The number of carbonyl (C=O) groups excluding carboxylic acids is 2. The molecule has 2 aromatic rings. The summed E-state index contributed by atoms with van der Waals surface area (Å²) in [7, 11) is 0. The van der Waals surface area contributed by atoms with E-state index < -0.39 is 6.04 Å². The van der Waals surface area contributed by atoms with E-state index in [1.54, 1.807) is 0 Å². The maximum Gasteiger partial charge on any atom is 0.318 e. The number of hydrogen-bond donors (Lipinski definition) is 2. The van der Waals surface area contributed by atoms with Gasteiger partial charge in [-0.3, -0.25) is 9.69 Å². The summed E-state index contributed by atoms with van der Waals surface area (Å²) in [5, 5.41) is 5.94. The van der Waals surface area contributed by atoms with Gasteiger partial charge in [-0.25, -0.2) is 4.79 Å². The summed E-state index contributed by atoms with van der Waals surface area (Å²) in [6.07, 6.45) is 1.70. The average molecular weight is 451 g/mol. The molecule has 3 amide bonds. The van der Waals surface area contributed by atoms with Crippen LogP contribution in [0.4, 0.5) is 4.79 Å². The van der Waals surface area contributed by atoms with Gasteiger partial charge < -0.3 is 15.5 Å². The quantitative estimate of drug-likeness (QED) is 0.606. The molecule has 0 unspecified atom stereocenters. The van der Waals surface area contributed by atoms with Gasteiger partial charge in [0.2, 0.25) is 5.91 Å². The molecule has 0 aliphatic carbocycles. The lowest BCUT2D eigenvalue weighted by atomic mass is 9.96. The van der Waals surface area contributed by atoms with Crippen molar-refractivity contribution in [2.24, 2.45) is 5.92 Å². The van der Waals surface area contributed by atoms with Gasteiger partial charge in [0.15, 0.2) is 0 Å². The number of rotatable bonds is 9. The Kier molecular flexibility index (Phi) is 9.31. The Labute approximate surface area is 198 Å². The van der Waals surface area contributed by atoms with E-state index >= 15 is 0 Å². The molecule has 1 aliphatic heterocycles. The molecule has 2 aromatic carbocycles. The summed E-state index contributed by atoms with van der Waals surface area (Å²) in [4.78, 5) is 29.9. The fourth-order valence-electron chi connectivity index (χ4n) is 4.35. The van der Waals surface area contributed by atoms with Crippen LogP contribution in [0.5, 0.6) is 0 Å². The normalized spacial score (nSPS) is 16.3. The van der Waals surface area contributed by atoms with Gasteiger partial charge in [0, 0.05) is 32.7 Å². The summed E-state index contributed by atoms with van der Waals surface area (Å²) < 4.78 is 0. The first kappa shape index (κ1) is 24.8. The van der Waals surface area contributed by atoms with Gasteiger partial charge in [-0.2, -0.15) is 0 Å². The highest BCUT2D eigenvalue weighted by Gasteiger charge is 2.31. The standard InChI is InChI=1S/C27H38N4O2/c1-4-16-28-26(32)24(21(3)5-2)29-27(33)31-19-17-30(18-20-31)25(22-12-8-6-9-13-22)23-14-10-7-11-15-23/h6-15,21,24-25H,4-5,16-20H2,1-3H3,(H,28,32)(H,29,33)/t21-,24+/m1/s1. The smallest absolute Gasteiger partial charge is 0.318 e. The Morgan fingerprint density at radius 1 is 0.879 bits per heavy atom. The molecule has 0 saturated carbocycles. The second-order valence-electron chi connectivity index (χ2n) is 8.85. The van der Waals surface area contributed by atoms with E-state index in [-0.39, 0.29) is 23.9 Å². The third-order valence-corrected chi connectivity index (χ3v) is 6.52. The number of nitrogens with zero attached hydrogens (tertiary/aromatic N) is 2. The van der Waals surface area contributed by atoms with E-state index in [4.69, 9.17) is 0 Å². The summed E-state index contributed by atoms with van der Waals surface area (Å²) in [5.41, 5.74) is 2.51. The Hall–Kier alpha value is -2.86. The minimum Gasteiger partial charge on any atom is -0.354 e. The summed E-state index contributed by atoms with van der Waals surface area (Å²) in [6, 6.07) is 20.6. The Morgan fingerprint density at radius 2 is 1.42 bits per heavy atom. The number of urea groups is 1. The van der Waals surface area contributed by atoms with E-state index in [2.05, 4.69) is 64.1 Å². The average Bonchev–Trinajstić information content (AvgIpc) is 2.87. The molecule has 178 valence electrons. The lowest BCUT2D eigenvalue weighted by Crippen LogP contribution is -2.57. The Balaban J connectivity index is 1.66. The van der Waals surface area contributed by atoms with Gasteiger partial charge in [-0.1, -0.05) is 87.9 Å². The second-order valence-corrected chi connectivity index (χ2v) is 8.85. The molecule has 1 fully saturated rings. The van der Waals surface area contributed by atoms with Crippen LogP contribution in [0, 0.1) is 5.92 Å². The molecule has 1 saturated heterocycles. The molecule has 0 radical (unpaired) electrons. The molecule has 2 N–H and O–H groups in total. The minimum atomic E-state index is -0.506. The van der Waals surface area contributed by atoms with E-state index in [9.17, 15) is 9.59 Å². The number of nitrogens with one attached hydrogen (secondary N) is 2. The van der Waals surface area contributed by atoms with Crippen molar-refractivity contribution in [1.29, 1.82) is 0 Å². The number of piperazine rings is 1. The maximum absolute atomic E-state index is 13.0. The molecule has 0 bridgehead atoms. The van der Waals surface area contributed by atoms with Crippen LogP contribution in [-0.2, 0) is 4.79 Å². The van der Waals surface area contributed by atoms with Crippen LogP contribution >= 0.6 is 0 Å². The van der Waals surface area contributed by atoms with Gasteiger partial charge in [-0.05, 0) is 23.5 Å². The number of hydrogen-bond acceptors (Lipinski definition) is 3. The lowest BCUT2D eigenvalue weighted by molar-refractivity contribution is -0.124. The van der Waals surface area contributed by atoms with Gasteiger partial charge in [0.1, 0.15) is 6.04 Å². The molecule has 3 rings (SSSR count). The zero-order valence-corrected chi connectivity index (χ0v) is 20.2. The third kappa shape index (κ3) is 6.57. The zero-order chi connectivity index (χ0) is 23.6. The van der Waals surface area contributed by atoms with Crippen LogP contribution in [0.3, 0.4) is 0 Å². The van der Waals surface area contributed by atoms with Gasteiger partial charge in [-0.15, -0.1) is 0 Å². The molecule has 2 atom stereocenters. The minimum absolute atomic E-state index is 0.0765. The highest BCUT2D eigenvalue weighted by molar-refractivity contribution is 5.87. The van der Waals surface area contributed by atoms with Crippen molar-refractivity contribution in [3.63, 3.8) is 0 Å². The molecule has 6 nitrogen and oxygen atoms in total. The van der Waals surface area contributed by atoms with Crippen LogP contribution in [0.2, 0.25) is 0 Å². The van der Waals surface area contributed by atoms with Crippen molar-refractivity contribution in [3.8, 4) is 0 Å². The number of benzene rings is 2. The van der Waals surface area contributed by atoms with E-state index in [0.29, 0.717) is 19.6 Å². The molecular formula is C27H38N4O2. The first-order chi connectivity index (χ1) is 16.0. The topological polar surface area (TPSA) is 64.7 Å². The van der Waals surface area contributed by atoms with Crippen LogP contribution in [0.25, 0.3) is 0 Å². The first-order valence-corrected chi connectivity index (χ1v) is 12.2. The molecule has 6 heteroatoms. The van der Waals surface area contributed by atoms with Crippen molar-refractivity contribution in [2.45, 2.75) is 45.7 Å². The zero-order valence-electron chi connectivity index (χ0n) is 20.2. The highest BCUT2D eigenvalue weighted by atomic mass is 16.2. The van der Waals surface area contributed by atoms with E-state index in [1.165, 1.54) is 11.1 Å². The largest absolute Gasteiger partial charge is 0.354 e. The first-order valence-electron chi connectivity index (χ1n) is 12.2. The lowest BCUT2D eigenvalue weighted by Gasteiger charge is -2.40. The van der Waals surface area contributed by atoms with Gasteiger partial charge in [0.25, 0.3) is 0 Å². The third-order valence-electron chi connectivity index (χ3n) is 6.52. The van der Waals surface area contributed by atoms with Crippen molar-refractivity contribution in [1.82, 2.24) is 20.4 Å². The van der Waals surface area contributed by atoms with Crippen molar-refractivity contribution >= 4 is 11.9 Å². The summed E-state index contributed by atoms with van der Waals surface area (Å²) in [5.74, 6) is -0.0148. The fourth-order valence-corrected chi connectivity index (χ4v) is 4.35. The fraction of sp³-hybridized carbons (Fsp3) is 0.481. The molecule has 1 aliphatic rings. The van der Waals surface area contributed by atoms with Crippen LogP contribution in [0.15, 0.2) is 60.7 Å². The number of carbonyl (C=O) groups is 2. The number of amides is 3. The molecule has 1 heterocycles. The summed E-state index contributed by atoms with van der Waals surface area (Å²) >= 11 is 0. The Morgan fingerprint density at radius 3 is 1.91 bits per heavy atom. The maximum atomic E-state index is 13.0. The molecule has 0 spiro atoms. The summed E-state index contributed by atoms with van der Waals surface area (Å²) in [6.45, 7) is 9.52. The van der Waals surface area contributed by atoms with Crippen molar-refractivity contribution in [3.05, 3.63) is 71.8 Å². The van der Waals surface area contributed by atoms with Crippen LogP contribution < -0.4 is 10.6 Å². The van der Waals surface area contributed by atoms with Crippen LogP contribution in [0.1, 0.15) is 50.8 Å². The van der Waals surface area contributed by atoms with E-state index in [1.807, 2.05) is 37.8 Å². The predicted octanol–water partition coefficient (Wildman–Crippen LogP) is 4.04. The molecule has 33 heavy (non-hydrogen) atoms. The molecule has 0 aromatic heterocycles. The Bertz CT molecular complexity index is 827.